The van der Waals surface area contributed by atoms with Gasteiger partial charge < -0.3 is 44.5 Å². The minimum absolute atomic E-state index is 0.0801. The van der Waals surface area contributed by atoms with Crippen molar-refractivity contribution in [2.24, 2.45) is 51.8 Å². The Morgan fingerprint density at radius 1 is 0.837 bits per heavy atom. The zero-order chi connectivity index (χ0) is 30.7. The molecule has 7 fully saturated rings. The molecule has 1 spiro atoms. The Balaban J connectivity index is 1.19. The van der Waals surface area contributed by atoms with Crippen LogP contribution in [0.4, 0.5) is 0 Å². The summed E-state index contributed by atoms with van der Waals surface area (Å²) >= 11 is 0. The van der Waals surface area contributed by atoms with Gasteiger partial charge in [-0.25, -0.2) is 0 Å². The third-order valence-corrected chi connectivity index (χ3v) is 14.8. The van der Waals surface area contributed by atoms with Crippen LogP contribution in [-0.2, 0) is 18.9 Å². The Morgan fingerprint density at radius 2 is 1.60 bits per heavy atom. The molecule has 0 radical (unpaired) electrons. The smallest absolute Gasteiger partial charge is 0.186 e. The van der Waals surface area contributed by atoms with Crippen molar-refractivity contribution in [2.75, 3.05) is 13.2 Å². The molecule has 0 aromatic carbocycles. The molecular weight excluding hydrogens is 552 g/mol. The molecule has 43 heavy (non-hydrogen) atoms. The first-order chi connectivity index (χ1) is 20.3. The molecule has 0 bridgehead atoms. The minimum Gasteiger partial charge on any atom is -0.394 e. The van der Waals surface area contributed by atoms with Crippen molar-refractivity contribution in [3.05, 3.63) is 0 Å². The van der Waals surface area contributed by atoms with Gasteiger partial charge in [-0.05, 0) is 91.8 Å². The average molecular weight is 609 g/mol. The van der Waals surface area contributed by atoms with Crippen molar-refractivity contribution < 1.29 is 44.5 Å². The van der Waals surface area contributed by atoms with Gasteiger partial charge in [-0.1, -0.05) is 34.6 Å². The normalized spacial score (nSPS) is 61.5. The molecule has 0 unspecified atom stereocenters. The number of fused-ring (bicyclic) bond motifs is 7. The van der Waals surface area contributed by atoms with Gasteiger partial charge in [0.05, 0.1) is 31.5 Å². The summed E-state index contributed by atoms with van der Waals surface area (Å²) in [4.78, 5) is 0. The molecule has 3 saturated heterocycles. The van der Waals surface area contributed by atoms with Gasteiger partial charge in [0.1, 0.15) is 24.4 Å². The summed E-state index contributed by atoms with van der Waals surface area (Å²) in [7, 11) is 0. The van der Waals surface area contributed by atoms with E-state index in [1.807, 2.05) is 0 Å². The summed E-state index contributed by atoms with van der Waals surface area (Å²) in [6.07, 6.45) is 1.46. The van der Waals surface area contributed by atoms with Crippen LogP contribution in [0.25, 0.3) is 0 Å². The maximum Gasteiger partial charge on any atom is 0.186 e. The van der Waals surface area contributed by atoms with E-state index in [-0.39, 0.29) is 28.5 Å². The Morgan fingerprint density at radius 3 is 2.30 bits per heavy atom. The van der Waals surface area contributed by atoms with Gasteiger partial charge >= 0.3 is 0 Å². The predicted molar refractivity (Wildman–Crippen MR) is 156 cm³/mol. The van der Waals surface area contributed by atoms with E-state index in [1.165, 1.54) is 6.42 Å². The van der Waals surface area contributed by atoms with Crippen LogP contribution >= 0.6 is 0 Å². The molecule has 7 rings (SSSR count). The number of rotatable bonds is 3. The fourth-order valence-corrected chi connectivity index (χ4v) is 12.2. The molecule has 0 aromatic rings. The van der Waals surface area contributed by atoms with Gasteiger partial charge in [0.25, 0.3) is 0 Å². The van der Waals surface area contributed by atoms with Crippen LogP contribution in [0.1, 0.15) is 92.4 Å². The van der Waals surface area contributed by atoms with Crippen LogP contribution in [0.2, 0.25) is 0 Å². The molecule has 7 aliphatic rings. The van der Waals surface area contributed by atoms with Crippen molar-refractivity contribution in [1.82, 2.24) is 0 Å². The SMILES string of the molecule is C[C@H]1CC[C@@]2(OC1)O[C@@H]1C[C@H]3[C@@H]4C[C@H](O[C@@H]5O[C@H](CO)[C@@H](O)[C@H](O)[C@H]5O)[C@@]5(C)C[C@H](O)CC[C@]5(C)[C@H]4CC[C@]3(C)[C@H]1[C@@H]2C. The van der Waals surface area contributed by atoms with E-state index in [0.29, 0.717) is 41.9 Å². The summed E-state index contributed by atoms with van der Waals surface area (Å²) in [6.45, 7) is 12.1. The lowest BCUT2D eigenvalue weighted by atomic mass is 9.39. The van der Waals surface area contributed by atoms with Gasteiger partial charge in [-0.2, -0.15) is 0 Å². The highest BCUT2D eigenvalue weighted by molar-refractivity contribution is 5.18. The molecule has 3 aliphatic heterocycles. The second-order valence-electron chi connectivity index (χ2n) is 16.7. The molecular formula is C34H56O9. The van der Waals surface area contributed by atoms with E-state index in [2.05, 4.69) is 34.6 Å². The largest absolute Gasteiger partial charge is 0.394 e. The van der Waals surface area contributed by atoms with E-state index in [1.54, 1.807) is 0 Å². The second kappa shape index (κ2) is 10.6. The van der Waals surface area contributed by atoms with Gasteiger partial charge in [0.15, 0.2) is 12.1 Å². The van der Waals surface area contributed by atoms with Gasteiger partial charge in [-0.3, -0.25) is 0 Å². The molecule has 3 heterocycles. The summed E-state index contributed by atoms with van der Waals surface area (Å²) in [5.74, 6) is 2.28. The Bertz CT molecular complexity index is 1050. The predicted octanol–water partition coefficient (Wildman–Crippen LogP) is 2.98. The van der Waals surface area contributed by atoms with E-state index in [9.17, 15) is 25.5 Å². The second-order valence-corrected chi connectivity index (χ2v) is 16.7. The first-order valence-electron chi connectivity index (χ1n) is 17.2. The molecule has 0 amide bonds. The number of hydrogen-bond acceptors (Lipinski definition) is 9. The third-order valence-electron chi connectivity index (χ3n) is 14.8. The third kappa shape index (κ3) is 4.35. The number of aliphatic hydroxyl groups is 5. The molecule has 9 heteroatoms. The fourth-order valence-electron chi connectivity index (χ4n) is 12.2. The first-order valence-corrected chi connectivity index (χ1v) is 17.2. The number of hydrogen-bond donors (Lipinski definition) is 5. The van der Waals surface area contributed by atoms with E-state index < -0.39 is 49.2 Å². The van der Waals surface area contributed by atoms with E-state index in [0.717, 1.165) is 51.6 Å². The maximum absolute atomic E-state index is 11.0. The topological polar surface area (TPSA) is 138 Å². The van der Waals surface area contributed by atoms with Crippen molar-refractivity contribution in [1.29, 1.82) is 0 Å². The summed E-state index contributed by atoms with van der Waals surface area (Å²) in [5, 5.41) is 52.6. The maximum atomic E-state index is 11.0. The Kier molecular flexibility index (Phi) is 7.69. The van der Waals surface area contributed by atoms with Crippen molar-refractivity contribution in [2.45, 2.75) is 147 Å². The quantitative estimate of drug-likeness (QED) is 0.306. The van der Waals surface area contributed by atoms with Crippen molar-refractivity contribution >= 4 is 0 Å². The lowest BCUT2D eigenvalue weighted by Crippen LogP contribution is -2.66. The van der Waals surface area contributed by atoms with Crippen molar-refractivity contribution in [3.8, 4) is 0 Å². The standard InChI is InChI=1S/C34H56O9/c1-17-6-11-34(40-16-17)18(2)26-23(43-34)13-22-20-12-25(42-30-29(39)28(38)27(37)24(15-35)41-30)33(5)14-19(36)7-10-32(33,4)21(20)8-9-31(22,26)3/h17-30,35-39H,6-16H2,1-5H3/t17-,18-,19+,20+,21-,22-,23+,24+,25-,26-,27+,28-,29+,30-,31-,32+,33+,34+/m0/s1. The Hall–Kier alpha value is -0.360. The fraction of sp³-hybridized carbons (Fsp3) is 1.00. The lowest BCUT2D eigenvalue weighted by molar-refractivity contribution is -0.340. The van der Waals surface area contributed by atoms with E-state index in [4.69, 9.17) is 18.9 Å². The van der Waals surface area contributed by atoms with Crippen molar-refractivity contribution in [3.63, 3.8) is 0 Å². The average Bonchev–Trinajstić information content (AvgIpc) is 3.41. The molecule has 18 atom stereocenters. The van der Waals surface area contributed by atoms with Crippen LogP contribution in [-0.4, -0.2) is 93.6 Å². The minimum atomic E-state index is -1.48. The molecule has 246 valence electrons. The van der Waals surface area contributed by atoms with Crippen LogP contribution in [0.15, 0.2) is 0 Å². The summed E-state index contributed by atoms with van der Waals surface area (Å²) < 4.78 is 26.1. The highest BCUT2D eigenvalue weighted by Crippen LogP contribution is 2.73. The monoisotopic (exact) mass is 608 g/mol. The molecule has 4 aliphatic carbocycles. The number of aliphatic hydroxyl groups excluding tert-OH is 5. The highest BCUT2D eigenvalue weighted by atomic mass is 16.7. The van der Waals surface area contributed by atoms with Crippen LogP contribution < -0.4 is 0 Å². The molecule has 9 nitrogen and oxygen atoms in total. The van der Waals surface area contributed by atoms with Gasteiger partial charge in [-0.15, -0.1) is 0 Å². The molecule has 5 N–H and O–H groups in total. The number of ether oxygens (including phenoxy) is 4. The first kappa shape index (κ1) is 31.3. The molecule has 0 aromatic heterocycles. The van der Waals surface area contributed by atoms with E-state index >= 15 is 0 Å². The van der Waals surface area contributed by atoms with Crippen LogP contribution in [0.5, 0.6) is 0 Å². The lowest BCUT2D eigenvalue weighted by Gasteiger charge is -2.67. The zero-order valence-corrected chi connectivity index (χ0v) is 26.7. The zero-order valence-electron chi connectivity index (χ0n) is 26.7. The van der Waals surface area contributed by atoms with Gasteiger partial charge in [0, 0.05) is 17.8 Å². The van der Waals surface area contributed by atoms with Crippen LogP contribution in [0.3, 0.4) is 0 Å². The Labute approximate surface area is 256 Å². The molecule has 4 saturated carbocycles. The highest BCUT2D eigenvalue weighted by Gasteiger charge is 2.71. The van der Waals surface area contributed by atoms with Gasteiger partial charge in [0.2, 0.25) is 0 Å². The summed E-state index contributed by atoms with van der Waals surface area (Å²) in [6, 6.07) is 0. The summed E-state index contributed by atoms with van der Waals surface area (Å²) in [5.41, 5.74) is -0.316. The van der Waals surface area contributed by atoms with Crippen LogP contribution in [0, 0.1) is 51.8 Å².